The molecular formula is C26H25F2N5O3. The first-order valence-electron chi connectivity index (χ1n) is 11.2. The Balaban J connectivity index is 1.72. The average molecular weight is 494 g/mol. The molecule has 4 rings (SSSR count). The summed E-state index contributed by atoms with van der Waals surface area (Å²) in [7, 11) is 1.55. The summed E-state index contributed by atoms with van der Waals surface area (Å²) >= 11 is 0. The van der Waals surface area contributed by atoms with E-state index in [1.54, 1.807) is 38.4 Å². The molecule has 4 aromatic rings. The molecule has 36 heavy (non-hydrogen) atoms. The van der Waals surface area contributed by atoms with Crippen molar-refractivity contribution < 1.29 is 23.5 Å². The molecule has 2 heterocycles. The fraction of sp³-hybridized carbons (Fsp3) is 0.231. The summed E-state index contributed by atoms with van der Waals surface area (Å²) in [4.78, 5) is 25.7. The lowest BCUT2D eigenvalue weighted by Gasteiger charge is -2.16. The van der Waals surface area contributed by atoms with Gasteiger partial charge in [0.2, 0.25) is 0 Å². The molecule has 0 aliphatic heterocycles. The molecule has 8 nitrogen and oxygen atoms in total. The van der Waals surface area contributed by atoms with Gasteiger partial charge in [0.05, 0.1) is 18.5 Å². The quantitative estimate of drug-likeness (QED) is 0.324. The van der Waals surface area contributed by atoms with Crippen LogP contribution >= 0.6 is 0 Å². The second-order valence-electron chi connectivity index (χ2n) is 8.18. The fourth-order valence-corrected chi connectivity index (χ4v) is 4.03. The van der Waals surface area contributed by atoms with E-state index in [0.717, 1.165) is 5.56 Å². The summed E-state index contributed by atoms with van der Waals surface area (Å²) in [6.07, 6.45) is 2.67. The second-order valence-corrected chi connectivity index (χ2v) is 8.18. The van der Waals surface area contributed by atoms with E-state index in [1.165, 1.54) is 37.5 Å². The van der Waals surface area contributed by atoms with Crippen LogP contribution < -0.4 is 10.1 Å². The molecule has 0 aliphatic carbocycles. The molecule has 2 N–H and O–H groups in total. The summed E-state index contributed by atoms with van der Waals surface area (Å²) in [6.45, 7) is 4.80. The molecule has 2 aromatic heterocycles. The number of anilines is 1. The number of aromatic nitrogens is 4. The lowest BCUT2D eigenvalue weighted by atomic mass is 9.98. The van der Waals surface area contributed by atoms with E-state index in [2.05, 4.69) is 20.3 Å². The molecule has 186 valence electrons. The van der Waals surface area contributed by atoms with Crippen LogP contribution in [0.4, 0.5) is 14.5 Å². The van der Waals surface area contributed by atoms with Crippen molar-refractivity contribution in [2.75, 3.05) is 12.4 Å². The van der Waals surface area contributed by atoms with Gasteiger partial charge in [-0.05, 0) is 49.7 Å². The lowest BCUT2D eigenvalue weighted by molar-refractivity contribution is -0.00824. The summed E-state index contributed by atoms with van der Waals surface area (Å²) in [5.74, 6) is -2.99. The van der Waals surface area contributed by atoms with Gasteiger partial charge in [0.25, 0.3) is 11.8 Å². The van der Waals surface area contributed by atoms with Crippen LogP contribution in [-0.4, -0.2) is 37.9 Å². The van der Waals surface area contributed by atoms with Crippen molar-refractivity contribution in [3.63, 3.8) is 0 Å². The number of benzene rings is 2. The standard InChI is InChI=1S/C26H25F2N5O3/c1-5-26(27,28)17-7-6-8-18(13-17)32-25(34)23-16(3)31-24(33(23)35)19-9-10-21(36-4)22(15(19)2)20-11-12-29-14-30-20/h6-14,35H,5H2,1-4H3,(H,32,34). The maximum Gasteiger partial charge on any atom is 0.277 e. The van der Waals surface area contributed by atoms with Crippen molar-refractivity contribution in [1.82, 2.24) is 19.7 Å². The lowest BCUT2D eigenvalue weighted by Crippen LogP contribution is -2.18. The van der Waals surface area contributed by atoms with Crippen LogP contribution in [0, 0.1) is 13.8 Å². The predicted molar refractivity (Wildman–Crippen MR) is 130 cm³/mol. The van der Waals surface area contributed by atoms with Crippen molar-refractivity contribution in [1.29, 1.82) is 0 Å². The van der Waals surface area contributed by atoms with Crippen molar-refractivity contribution in [3.05, 3.63) is 77.5 Å². The van der Waals surface area contributed by atoms with Crippen LogP contribution in [0.15, 0.2) is 55.0 Å². The third-order valence-corrected chi connectivity index (χ3v) is 5.96. The molecule has 0 bridgehead atoms. The third-order valence-electron chi connectivity index (χ3n) is 5.96. The molecule has 0 spiro atoms. The van der Waals surface area contributed by atoms with Gasteiger partial charge in [0.15, 0.2) is 11.5 Å². The van der Waals surface area contributed by atoms with E-state index < -0.39 is 11.8 Å². The summed E-state index contributed by atoms with van der Waals surface area (Å²) < 4.78 is 34.4. The van der Waals surface area contributed by atoms with E-state index >= 15 is 0 Å². The number of amides is 1. The number of methoxy groups -OCH3 is 1. The largest absolute Gasteiger partial charge is 0.496 e. The zero-order chi connectivity index (χ0) is 26.0. The number of halogens is 2. The zero-order valence-corrected chi connectivity index (χ0v) is 20.2. The van der Waals surface area contributed by atoms with Crippen molar-refractivity contribution in [2.24, 2.45) is 0 Å². The second kappa shape index (κ2) is 9.73. The highest BCUT2D eigenvalue weighted by molar-refractivity contribution is 6.04. The van der Waals surface area contributed by atoms with Gasteiger partial charge in [0, 0.05) is 35.0 Å². The number of hydrogen-bond acceptors (Lipinski definition) is 6. The van der Waals surface area contributed by atoms with Crippen LogP contribution in [0.3, 0.4) is 0 Å². The monoisotopic (exact) mass is 493 g/mol. The van der Waals surface area contributed by atoms with E-state index in [4.69, 9.17) is 4.74 Å². The van der Waals surface area contributed by atoms with E-state index in [-0.39, 0.29) is 34.9 Å². The molecular weight excluding hydrogens is 468 g/mol. The Morgan fingerprint density at radius 2 is 1.97 bits per heavy atom. The highest BCUT2D eigenvalue weighted by Crippen LogP contribution is 2.38. The molecule has 0 radical (unpaired) electrons. The van der Waals surface area contributed by atoms with Crippen LogP contribution in [0.25, 0.3) is 22.6 Å². The van der Waals surface area contributed by atoms with Crippen LogP contribution in [0.2, 0.25) is 0 Å². The fourth-order valence-electron chi connectivity index (χ4n) is 4.03. The minimum atomic E-state index is -3.02. The van der Waals surface area contributed by atoms with E-state index in [9.17, 15) is 18.8 Å². The predicted octanol–water partition coefficient (Wildman–Crippen LogP) is 5.62. The number of imidazole rings is 1. The van der Waals surface area contributed by atoms with Gasteiger partial charge in [-0.2, -0.15) is 4.73 Å². The van der Waals surface area contributed by atoms with Gasteiger partial charge in [-0.25, -0.2) is 23.7 Å². The highest BCUT2D eigenvalue weighted by Gasteiger charge is 2.29. The van der Waals surface area contributed by atoms with Gasteiger partial charge in [0.1, 0.15) is 12.1 Å². The van der Waals surface area contributed by atoms with Gasteiger partial charge < -0.3 is 15.3 Å². The Hall–Kier alpha value is -4.34. The number of hydrogen-bond donors (Lipinski definition) is 2. The van der Waals surface area contributed by atoms with Gasteiger partial charge in [-0.15, -0.1) is 0 Å². The Kier molecular flexibility index (Phi) is 6.69. The Morgan fingerprint density at radius 3 is 2.64 bits per heavy atom. The normalized spacial score (nSPS) is 11.4. The molecule has 0 saturated heterocycles. The number of rotatable bonds is 7. The number of alkyl halides is 2. The number of nitrogens with zero attached hydrogens (tertiary/aromatic N) is 4. The topological polar surface area (TPSA) is 102 Å². The van der Waals surface area contributed by atoms with E-state index in [0.29, 0.717) is 27.3 Å². The van der Waals surface area contributed by atoms with Crippen molar-refractivity contribution in [2.45, 2.75) is 33.1 Å². The zero-order valence-electron chi connectivity index (χ0n) is 20.2. The maximum absolute atomic E-state index is 14.1. The molecule has 1 amide bonds. The average Bonchev–Trinajstić information content (AvgIpc) is 3.17. The summed E-state index contributed by atoms with van der Waals surface area (Å²) in [5, 5.41) is 13.5. The minimum Gasteiger partial charge on any atom is -0.496 e. The van der Waals surface area contributed by atoms with Gasteiger partial charge in [-0.1, -0.05) is 19.1 Å². The first-order chi connectivity index (χ1) is 17.2. The molecule has 0 atom stereocenters. The summed E-state index contributed by atoms with van der Waals surface area (Å²) in [5.41, 5.74) is 2.71. The number of carbonyl (C=O) groups is 1. The maximum atomic E-state index is 14.1. The molecule has 0 fully saturated rings. The number of carbonyl (C=O) groups excluding carboxylic acids is 1. The molecule has 0 unspecified atom stereocenters. The number of aryl methyl sites for hydroxylation is 1. The molecule has 0 saturated carbocycles. The number of nitrogens with one attached hydrogen (secondary N) is 1. The van der Waals surface area contributed by atoms with Crippen LogP contribution in [0.5, 0.6) is 5.75 Å². The van der Waals surface area contributed by atoms with Gasteiger partial charge in [-0.3, -0.25) is 4.79 Å². The molecule has 10 heteroatoms. The first-order valence-corrected chi connectivity index (χ1v) is 11.2. The van der Waals surface area contributed by atoms with Crippen molar-refractivity contribution >= 4 is 11.6 Å². The minimum absolute atomic E-state index is 0.114. The smallest absolute Gasteiger partial charge is 0.277 e. The Labute approximate surface area is 206 Å². The first kappa shape index (κ1) is 24.8. The Morgan fingerprint density at radius 1 is 1.19 bits per heavy atom. The van der Waals surface area contributed by atoms with Crippen molar-refractivity contribution in [3.8, 4) is 28.4 Å². The Bertz CT molecular complexity index is 1420. The number of ether oxygens (including phenoxy) is 1. The van der Waals surface area contributed by atoms with Crippen LogP contribution in [0.1, 0.15) is 40.7 Å². The molecule has 2 aromatic carbocycles. The van der Waals surface area contributed by atoms with Crippen LogP contribution in [-0.2, 0) is 5.92 Å². The highest BCUT2D eigenvalue weighted by atomic mass is 19.3. The summed E-state index contributed by atoms with van der Waals surface area (Å²) in [6, 6.07) is 10.7. The van der Waals surface area contributed by atoms with Gasteiger partial charge >= 0.3 is 0 Å². The molecule has 0 aliphatic rings. The SMILES string of the molecule is CCC(F)(F)c1cccc(NC(=O)c2c(C)nc(-c3ccc(OC)c(-c4ccncn4)c3C)n2O)c1. The van der Waals surface area contributed by atoms with E-state index in [1.807, 2.05) is 6.92 Å². The third kappa shape index (κ3) is 4.49.